The average Bonchev–Trinajstić information content (AvgIpc) is 3.56. The molecule has 156 valence electrons. The monoisotopic (exact) mass is 433 g/mol. The van der Waals surface area contributed by atoms with Crippen molar-refractivity contribution < 1.29 is 14.3 Å². The highest BCUT2D eigenvalue weighted by atomic mass is 32.1. The van der Waals surface area contributed by atoms with E-state index in [1.807, 2.05) is 42.1 Å². The maximum absolute atomic E-state index is 13.2. The molecular weight excluding hydrogens is 414 g/mol. The topological polar surface area (TPSA) is 94.1 Å². The second-order valence-electron chi connectivity index (χ2n) is 7.61. The molecule has 31 heavy (non-hydrogen) atoms. The van der Waals surface area contributed by atoms with Crippen LogP contribution in [0.25, 0.3) is 22.4 Å². The summed E-state index contributed by atoms with van der Waals surface area (Å²) in [6, 6.07) is 7.79. The van der Waals surface area contributed by atoms with Gasteiger partial charge >= 0.3 is 0 Å². The number of nitrogens with zero attached hydrogens (tertiary/aromatic N) is 3. The van der Waals surface area contributed by atoms with Gasteiger partial charge in [0.1, 0.15) is 11.5 Å². The van der Waals surface area contributed by atoms with Crippen molar-refractivity contribution in [3.05, 3.63) is 52.0 Å². The van der Waals surface area contributed by atoms with Gasteiger partial charge in [0.15, 0.2) is 17.2 Å². The van der Waals surface area contributed by atoms with Crippen molar-refractivity contribution >= 4 is 23.1 Å². The third kappa shape index (κ3) is 2.92. The van der Waals surface area contributed by atoms with Gasteiger partial charge in [0.2, 0.25) is 6.79 Å². The van der Waals surface area contributed by atoms with Crippen molar-refractivity contribution in [1.82, 2.24) is 20.0 Å². The van der Waals surface area contributed by atoms with Gasteiger partial charge in [-0.05, 0) is 48.4 Å². The first-order valence-electron chi connectivity index (χ1n) is 10.1. The van der Waals surface area contributed by atoms with Crippen LogP contribution in [0.15, 0.2) is 35.0 Å². The Morgan fingerprint density at radius 3 is 2.97 bits per heavy atom. The van der Waals surface area contributed by atoms with Crippen LogP contribution < -0.4 is 14.8 Å². The van der Waals surface area contributed by atoms with Crippen LogP contribution in [-0.4, -0.2) is 32.7 Å². The third-order valence-corrected chi connectivity index (χ3v) is 6.44. The van der Waals surface area contributed by atoms with Crippen LogP contribution in [0.5, 0.6) is 11.5 Å². The lowest BCUT2D eigenvalue weighted by Crippen LogP contribution is -2.17. The zero-order valence-corrected chi connectivity index (χ0v) is 17.6. The molecule has 4 aromatic rings. The maximum atomic E-state index is 13.2. The van der Waals surface area contributed by atoms with Gasteiger partial charge in [0, 0.05) is 29.2 Å². The van der Waals surface area contributed by atoms with Crippen molar-refractivity contribution in [2.45, 2.75) is 19.3 Å². The SMILES string of the molecule is Cn1nc(-c2ccsc2)c(-c2ccc3c(c2)OCO3)c1NC(=O)c1n[nH]c2c1CCC2. The van der Waals surface area contributed by atoms with E-state index >= 15 is 0 Å². The first-order valence-corrected chi connectivity index (χ1v) is 11.0. The number of H-pyrrole nitrogens is 1. The molecule has 0 saturated carbocycles. The van der Waals surface area contributed by atoms with Crippen molar-refractivity contribution in [2.75, 3.05) is 12.1 Å². The number of carbonyl (C=O) groups is 1. The Bertz CT molecular complexity index is 1310. The Hall–Kier alpha value is -3.59. The highest BCUT2D eigenvalue weighted by molar-refractivity contribution is 7.08. The lowest BCUT2D eigenvalue weighted by atomic mass is 10.0. The van der Waals surface area contributed by atoms with E-state index in [0.29, 0.717) is 23.0 Å². The molecule has 0 saturated heterocycles. The molecule has 1 aromatic carbocycles. The lowest BCUT2D eigenvalue weighted by Gasteiger charge is -2.10. The number of nitrogens with one attached hydrogen (secondary N) is 2. The van der Waals surface area contributed by atoms with E-state index in [1.54, 1.807) is 16.0 Å². The van der Waals surface area contributed by atoms with Crippen molar-refractivity contribution in [3.63, 3.8) is 0 Å². The van der Waals surface area contributed by atoms with Crippen LogP contribution in [0, 0.1) is 0 Å². The van der Waals surface area contributed by atoms with E-state index in [1.165, 1.54) is 0 Å². The largest absolute Gasteiger partial charge is 0.454 e. The number of aromatic nitrogens is 4. The van der Waals surface area contributed by atoms with Crippen molar-refractivity contribution in [1.29, 1.82) is 0 Å². The molecular formula is C22H19N5O3S. The number of hydrogen-bond donors (Lipinski definition) is 2. The number of carbonyl (C=O) groups excluding carboxylic acids is 1. The van der Waals surface area contributed by atoms with E-state index in [2.05, 4.69) is 15.5 Å². The van der Waals surface area contributed by atoms with E-state index in [-0.39, 0.29) is 12.7 Å². The van der Waals surface area contributed by atoms with Gasteiger partial charge < -0.3 is 14.8 Å². The Morgan fingerprint density at radius 1 is 1.19 bits per heavy atom. The van der Waals surface area contributed by atoms with E-state index in [0.717, 1.165) is 52.9 Å². The second kappa shape index (κ2) is 6.98. The van der Waals surface area contributed by atoms with Crippen LogP contribution in [-0.2, 0) is 19.9 Å². The molecule has 0 unspecified atom stereocenters. The average molecular weight is 433 g/mol. The summed E-state index contributed by atoms with van der Waals surface area (Å²) in [4.78, 5) is 13.2. The number of aryl methyl sites for hydroxylation is 2. The van der Waals surface area contributed by atoms with Crippen LogP contribution in [0.1, 0.15) is 28.2 Å². The van der Waals surface area contributed by atoms with Crippen LogP contribution in [0.2, 0.25) is 0 Å². The fourth-order valence-electron chi connectivity index (χ4n) is 4.27. The molecule has 0 bridgehead atoms. The van der Waals surface area contributed by atoms with E-state index in [4.69, 9.17) is 14.6 Å². The number of aromatic amines is 1. The Balaban J connectivity index is 1.46. The smallest absolute Gasteiger partial charge is 0.277 e. The predicted molar refractivity (Wildman–Crippen MR) is 117 cm³/mol. The molecule has 3 aromatic heterocycles. The fraction of sp³-hybridized carbons (Fsp3) is 0.227. The first kappa shape index (κ1) is 18.2. The van der Waals surface area contributed by atoms with Crippen LogP contribution in [0.4, 0.5) is 5.82 Å². The minimum atomic E-state index is -0.235. The zero-order chi connectivity index (χ0) is 20.9. The van der Waals surface area contributed by atoms with Crippen molar-refractivity contribution in [2.24, 2.45) is 7.05 Å². The normalized spacial score (nSPS) is 14.1. The maximum Gasteiger partial charge on any atom is 0.277 e. The number of rotatable bonds is 4. The summed E-state index contributed by atoms with van der Waals surface area (Å²) in [5.74, 6) is 1.77. The van der Waals surface area contributed by atoms with Gasteiger partial charge in [0.05, 0.1) is 5.56 Å². The zero-order valence-electron chi connectivity index (χ0n) is 16.8. The van der Waals surface area contributed by atoms with E-state index < -0.39 is 0 Å². The third-order valence-electron chi connectivity index (χ3n) is 5.76. The molecule has 1 aliphatic heterocycles. The Morgan fingerprint density at radius 2 is 2.10 bits per heavy atom. The number of thiophene rings is 1. The van der Waals surface area contributed by atoms with Gasteiger partial charge in [-0.15, -0.1) is 0 Å². The summed E-state index contributed by atoms with van der Waals surface area (Å²) < 4.78 is 12.7. The molecule has 0 spiro atoms. The summed E-state index contributed by atoms with van der Waals surface area (Å²) >= 11 is 1.60. The second-order valence-corrected chi connectivity index (χ2v) is 8.39. The van der Waals surface area contributed by atoms with Gasteiger partial charge in [-0.2, -0.15) is 21.5 Å². The van der Waals surface area contributed by atoms with Crippen LogP contribution >= 0.6 is 11.3 Å². The van der Waals surface area contributed by atoms with Gasteiger partial charge in [-0.25, -0.2) is 0 Å². The number of ether oxygens (including phenoxy) is 2. The fourth-order valence-corrected chi connectivity index (χ4v) is 4.91. The molecule has 9 heteroatoms. The predicted octanol–water partition coefficient (Wildman–Crippen LogP) is 4.01. The minimum absolute atomic E-state index is 0.205. The van der Waals surface area contributed by atoms with Gasteiger partial charge in [-0.3, -0.25) is 14.6 Å². The molecule has 4 heterocycles. The number of fused-ring (bicyclic) bond motifs is 2. The summed E-state index contributed by atoms with van der Waals surface area (Å²) in [6.45, 7) is 0.205. The van der Waals surface area contributed by atoms with Gasteiger partial charge in [0.25, 0.3) is 5.91 Å². The number of benzene rings is 1. The quantitative estimate of drug-likeness (QED) is 0.507. The number of anilines is 1. The summed E-state index contributed by atoms with van der Waals surface area (Å²) in [6.07, 6.45) is 2.85. The molecule has 2 aliphatic rings. The molecule has 2 N–H and O–H groups in total. The van der Waals surface area contributed by atoms with Crippen molar-refractivity contribution in [3.8, 4) is 33.9 Å². The molecule has 8 nitrogen and oxygen atoms in total. The molecule has 1 amide bonds. The van der Waals surface area contributed by atoms with Crippen LogP contribution in [0.3, 0.4) is 0 Å². The molecule has 0 fully saturated rings. The number of hydrogen-bond acceptors (Lipinski definition) is 6. The molecule has 0 radical (unpaired) electrons. The lowest BCUT2D eigenvalue weighted by molar-refractivity contribution is 0.102. The summed E-state index contributed by atoms with van der Waals surface area (Å²) in [5.41, 5.74) is 6.05. The summed E-state index contributed by atoms with van der Waals surface area (Å²) in [5, 5.41) is 19.1. The molecule has 6 rings (SSSR count). The van der Waals surface area contributed by atoms with E-state index in [9.17, 15) is 4.79 Å². The minimum Gasteiger partial charge on any atom is -0.454 e. The highest BCUT2D eigenvalue weighted by Gasteiger charge is 2.27. The molecule has 1 aliphatic carbocycles. The number of amides is 1. The standard InChI is InChI=1S/C22H19N5O3S/c1-27-21(23-22(28)20-14-3-2-4-15(14)24-25-20)18(19(26-27)13-7-8-31-10-13)12-5-6-16-17(9-12)30-11-29-16/h5-10H,2-4,11H2,1H3,(H,23,28)(H,24,25). The Labute approximate surface area is 181 Å². The first-order chi connectivity index (χ1) is 15.2. The van der Waals surface area contributed by atoms with Gasteiger partial charge in [-0.1, -0.05) is 6.07 Å². The highest BCUT2D eigenvalue weighted by Crippen LogP contribution is 2.42. The summed E-state index contributed by atoms with van der Waals surface area (Å²) in [7, 11) is 1.83. The Kier molecular flexibility index (Phi) is 4.10. The molecule has 0 atom stereocenters.